The number of halogens is 1. The van der Waals surface area contributed by atoms with Crippen LogP contribution >= 0.6 is 11.6 Å². The lowest BCUT2D eigenvalue weighted by atomic mass is 10.2. The zero-order valence-corrected chi connectivity index (χ0v) is 16.6. The maximum atomic E-state index is 12.4. The van der Waals surface area contributed by atoms with E-state index in [2.05, 4.69) is 10.2 Å². The number of methoxy groups -OCH3 is 1. The number of carbonyl (C=O) groups is 2. The summed E-state index contributed by atoms with van der Waals surface area (Å²) in [5, 5.41) is 3.37. The van der Waals surface area contributed by atoms with Gasteiger partial charge in [0.05, 0.1) is 7.11 Å². The van der Waals surface area contributed by atoms with Crippen LogP contribution in [0.2, 0.25) is 5.02 Å². The first kappa shape index (κ1) is 20.0. The molecular weight excluding hydrogens is 378 g/mol. The van der Waals surface area contributed by atoms with Crippen LogP contribution in [-0.2, 0) is 4.79 Å². The molecule has 0 aliphatic carbocycles. The van der Waals surface area contributed by atoms with Gasteiger partial charge in [-0.25, -0.2) is 0 Å². The van der Waals surface area contributed by atoms with Gasteiger partial charge in [-0.15, -0.1) is 0 Å². The number of amides is 2. The van der Waals surface area contributed by atoms with E-state index in [1.807, 2.05) is 29.2 Å². The zero-order valence-electron chi connectivity index (χ0n) is 15.9. The summed E-state index contributed by atoms with van der Waals surface area (Å²) in [5.41, 5.74) is 1.66. The van der Waals surface area contributed by atoms with Crippen molar-refractivity contribution in [2.24, 2.45) is 0 Å². The maximum Gasteiger partial charge on any atom is 0.251 e. The van der Waals surface area contributed by atoms with Crippen LogP contribution in [0.5, 0.6) is 5.75 Å². The Bertz CT molecular complexity index is 801. The predicted molar refractivity (Wildman–Crippen MR) is 110 cm³/mol. The van der Waals surface area contributed by atoms with Crippen molar-refractivity contribution >= 4 is 29.1 Å². The molecular formula is C21H24ClN3O3. The van der Waals surface area contributed by atoms with E-state index in [1.165, 1.54) is 0 Å². The summed E-state index contributed by atoms with van der Waals surface area (Å²) in [6.07, 6.45) is 0.294. The van der Waals surface area contributed by atoms with Crippen molar-refractivity contribution in [2.75, 3.05) is 44.7 Å². The van der Waals surface area contributed by atoms with Crippen molar-refractivity contribution in [3.63, 3.8) is 0 Å². The standard InChI is InChI=1S/C21H24ClN3O3/c1-28-19-8-6-18(7-9-19)24-12-14-25(15-13-24)20(26)10-11-23-21(27)16-2-4-17(22)5-3-16/h2-9H,10-15H2,1H3,(H,23,27). The molecule has 6 nitrogen and oxygen atoms in total. The van der Waals surface area contributed by atoms with Crippen LogP contribution in [-0.4, -0.2) is 56.5 Å². The lowest BCUT2D eigenvalue weighted by Crippen LogP contribution is -2.49. The molecule has 0 radical (unpaired) electrons. The van der Waals surface area contributed by atoms with Gasteiger partial charge in [0, 0.05) is 55.4 Å². The van der Waals surface area contributed by atoms with Crippen LogP contribution in [0.4, 0.5) is 5.69 Å². The van der Waals surface area contributed by atoms with E-state index < -0.39 is 0 Å². The molecule has 1 aliphatic heterocycles. The topological polar surface area (TPSA) is 61.9 Å². The molecule has 1 fully saturated rings. The van der Waals surface area contributed by atoms with Crippen LogP contribution in [0.1, 0.15) is 16.8 Å². The molecule has 1 heterocycles. The largest absolute Gasteiger partial charge is 0.497 e. The van der Waals surface area contributed by atoms with E-state index in [9.17, 15) is 9.59 Å². The van der Waals surface area contributed by atoms with Gasteiger partial charge in [-0.1, -0.05) is 11.6 Å². The monoisotopic (exact) mass is 401 g/mol. The Morgan fingerprint density at radius 2 is 1.64 bits per heavy atom. The molecule has 148 valence electrons. The van der Waals surface area contributed by atoms with Crippen molar-refractivity contribution in [3.8, 4) is 5.75 Å². The Labute approximate surface area is 170 Å². The van der Waals surface area contributed by atoms with E-state index in [-0.39, 0.29) is 11.8 Å². The van der Waals surface area contributed by atoms with Gasteiger partial charge in [-0.3, -0.25) is 9.59 Å². The number of anilines is 1. The fraction of sp³-hybridized carbons (Fsp3) is 0.333. The number of ether oxygens (including phenoxy) is 1. The average Bonchev–Trinajstić information content (AvgIpc) is 2.74. The lowest BCUT2D eigenvalue weighted by Gasteiger charge is -2.36. The highest BCUT2D eigenvalue weighted by molar-refractivity contribution is 6.30. The Hall–Kier alpha value is -2.73. The molecule has 2 amide bonds. The molecule has 0 bridgehead atoms. The molecule has 28 heavy (non-hydrogen) atoms. The highest BCUT2D eigenvalue weighted by Gasteiger charge is 2.21. The molecule has 1 saturated heterocycles. The molecule has 1 aliphatic rings. The van der Waals surface area contributed by atoms with E-state index in [4.69, 9.17) is 16.3 Å². The molecule has 0 aromatic heterocycles. The van der Waals surface area contributed by atoms with Gasteiger partial charge in [0.25, 0.3) is 5.91 Å². The first-order chi connectivity index (χ1) is 13.6. The third kappa shape index (κ3) is 5.16. The number of benzene rings is 2. The van der Waals surface area contributed by atoms with E-state index in [0.29, 0.717) is 36.6 Å². The zero-order chi connectivity index (χ0) is 19.9. The quantitative estimate of drug-likeness (QED) is 0.808. The van der Waals surface area contributed by atoms with Crippen molar-refractivity contribution < 1.29 is 14.3 Å². The van der Waals surface area contributed by atoms with E-state index >= 15 is 0 Å². The second-order valence-electron chi connectivity index (χ2n) is 6.58. The van der Waals surface area contributed by atoms with Gasteiger partial charge in [-0.05, 0) is 48.5 Å². The number of carbonyl (C=O) groups excluding carboxylic acids is 2. The number of hydrogen-bond acceptors (Lipinski definition) is 4. The second-order valence-corrected chi connectivity index (χ2v) is 7.02. The van der Waals surface area contributed by atoms with Crippen LogP contribution in [0.3, 0.4) is 0 Å². The van der Waals surface area contributed by atoms with Crippen LogP contribution < -0.4 is 15.0 Å². The second kappa shape index (κ2) is 9.46. The number of rotatable bonds is 6. The Morgan fingerprint density at radius 1 is 1.00 bits per heavy atom. The third-order valence-corrected chi connectivity index (χ3v) is 5.05. The fourth-order valence-electron chi connectivity index (χ4n) is 3.15. The molecule has 2 aromatic rings. The summed E-state index contributed by atoms with van der Waals surface area (Å²) in [7, 11) is 1.65. The van der Waals surface area contributed by atoms with Gasteiger partial charge in [0.1, 0.15) is 5.75 Å². The third-order valence-electron chi connectivity index (χ3n) is 4.80. The Kier molecular flexibility index (Phi) is 6.76. The Balaban J connectivity index is 1.41. The number of hydrogen-bond donors (Lipinski definition) is 1. The number of nitrogens with zero attached hydrogens (tertiary/aromatic N) is 2. The summed E-state index contributed by atoms with van der Waals surface area (Å²) in [6, 6.07) is 14.6. The van der Waals surface area contributed by atoms with Gasteiger partial charge in [0.15, 0.2) is 0 Å². The molecule has 0 saturated carbocycles. The first-order valence-corrected chi connectivity index (χ1v) is 9.65. The first-order valence-electron chi connectivity index (χ1n) is 9.27. The molecule has 0 spiro atoms. The van der Waals surface area contributed by atoms with Crippen molar-refractivity contribution in [1.29, 1.82) is 0 Å². The Morgan fingerprint density at radius 3 is 2.25 bits per heavy atom. The van der Waals surface area contributed by atoms with Crippen LogP contribution in [0.25, 0.3) is 0 Å². The SMILES string of the molecule is COc1ccc(N2CCN(C(=O)CCNC(=O)c3ccc(Cl)cc3)CC2)cc1. The average molecular weight is 402 g/mol. The van der Waals surface area contributed by atoms with Gasteiger partial charge in [0.2, 0.25) is 5.91 Å². The van der Waals surface area contributed by atoms with Crippen LogP contribution in [0, 0.1) is 0 Å². The molecule has 0 atom stereocenters. The van der Waals surface area contributed by atoms with Gasteiger partial charge in [-0.2, -0.15) is 0 Å². The van der Waals surface area contributed by atoms with Gasteiger partial charge >= 0.3 is 0 Å². The summed E-state index contributed by atoms with van der Waals surface area (Å²) in [6.45, 7) is 3.25. The summed E-state index contributed by atoms with van der Waals surface area (Å²) < 4.78 is 5.19. The summed E-state index contributed by atoms with van der Waals surface area (Å²) in [5.74, 6) is 0.692. The number of piperazine rings is 1. The smallest absolute Gasteiger partial charge is 0.251 e. The fourth-order valence-corrected chi connectivity index (χ4v) is 3.28. The van der Waals surface area contributed by atoms with Crippen molar-refractivity contribution in [2.45, 2.75) is 6.42 Å². The molecule has 2 aromatic carbocycles. The molecule has 1 N–H and O–H groups in total. The van der Waals surface area contributed by atoms with E-state index in [0.717, 1.165) is 24.5 Å². The van der Waals surface area contributed by atoms with Gasteiger partial charge < -0.3 is 19.9 Å². The van der Waals surface area contributed by atoms with Crippen LogP contribution in [0.15, 0.2) is 48.5 Å². The molecule has 0 unspecified atom stereocenters. The lowest BCUT2D eigenvalue weighted by molar-refractivity contribution is -0.131. The maximum absolute atomic E-state index is 12.4. The molecule has 7 heteroatoms. The minimum atomic E-state index is -0.200. The number of nitrogens with one attached hydrogen (secondary N) is 1. The van der Waals surface area contributed by atoms with Crippen molar-refractivity contribution in [1.82, 2.24) is 10.2 Å². The summed E-state index contributed by atoms with van der Waals surface area (Å²) >= 11 is 5.82. The minimum Gasteiger partial charge on any atom is -0.497 e. The predicted octanol–water partition coefficient (Wildman–Crippen LogP) is 2.82. The van der Waals surface area contributed by atoms with Crippen molar-refractivity contribution in [3.05, 3.63) is 59.1 Å². The van der Waals surface area contributed by atoms with E-state index in [1.54, 1.807) is 31.4 Å². The normalized spacial score (nSPS) is 13.9. The molecule has 3 rings (SSSR count). The minimum absolute atomic E-state index is 0.0609. The highest BCUT2D eigenvalue weighted by Crippen LogP contribution is 2.20. The summed E-state index contributed by atoms with van der Waals surface area (Å²) in [4.78, 5) is 28.6. The highest BCUT2D eigenvalue weighted by atomic mass is 35.5.